The van der Waals surface area contributed by atoms with Crippen LogP contribution in [0.1, 0.15) is 62.7 Å². The average Bonchev–Trinajstić information content (AvgIpc) is 2.38. The highest BCUT2D eigenvalue weighted by Crippen LogP contribution is 2.43. The molecule has 1 saturated carbocycles. The van der Waals surface area contributed by atoms with Crippen molar-refractivity contribution in [1.29, 1.82) is 0 Å². The van der Waals surface area contributed by atoms with Crippen LogP contribution in [0.25, 0.3) is 0 Å². The molecule has 2 nitrogen and oxygen atoms in total. The van der Waals surface area contributed by atoms with Crippen LogP contribution in [-0.2, 0) is 0 Å². The molecule has 2 atom stereocenters. The maximum absolute atomic E-state index is 9.94. The number of hydrogen-bond acceptors (Lipinski definition) is 2. The first-order valence-corrected chi connectivity index (χ1v) is 7.44. The fourth-order valence-corrected chi connectivity index (χ4v) is 3.28. The minimum absolute atomic E-state index is 0.401. The number of hydrogen-bond donors (Lipinski definition) is 2. The van der Waals surface area contributed by atoms with Gasteiger partial charge in [-0.15, -0.1) is 0 Å². The number of benzene rings is 1. The van der Waals surface area contributed by atoms with E-state index >= 15 is 0 Å². The van der Waals surface area contributed by atoms with Crippen LogP contribution in [0.5, 0.6) is 0 Å². The van der Waals surface area contributed by atoms with E-state index < -0.39 is 6.10 Å². The molecule has 2 N–H and O–H groups in total. The van der Waals surface area contributed by atoms with Crippen molar-refractivity contribution in [1.82, 2.24) is 5.32 Å². The molecule has 0 aliphatic heterocycles. The Bertz CT molecular complexity index is 396. The minimum atomic E-state index is -0.401. The molecule has 2 heteroatoms. The maximum atomic E-state index is 9.94. The molecule has 1 aromatic carbocycles. The van der Waals surface area contributed by atoms with Gasteiger partial charge in [0.15, 0.2) is 0 Å². The molecule has 19 heavy (non-hydrogen) atoms. The van der Waals surface area contributed by atoms with E-state index in [1.165, 1.54) is 31.2 Å². The molecule has 0 heterocycles. The zero-order valence-corrected chi connectivity index (χ0v) is 12.4. The third kappa shape index (κ3) is 3.80. The predicted molar refractivity (Wildman–Crippen MR) is 80.3 cm³/mol. The summed E-state index contributed by atoms with van der Waals surface area (Å²) < 4.78 is 0. The van der Waals surface area contributed by atoms with Crippen molar-refractivity contribution in [3.05, 3.63) is 35.4 Å². The summed E-state index contributed by atoms with van der Waals surface area (Å²) in [6, 6.07) is 8.58. The highest BCUT2D eigenvalue weighted by molar-refractivity contribution is 5.27. The van der Waals surface area contributed by atoms with Crippen LogP contribution in [0.2, 0.25) is 0 Å². The molecule has 1 fully saturated rings. The molecule has 106 valence electrons. The zero-order chi connectivity index (χ0) is 13.9. The fraction of sp³-hybridized carbons (Fsp3) is 0.647. The Morgan fingerprint density at radius 2 is 2.00 bits per heavy atom. The Labute approximate surface area is 117 Å². The number of aliphatic hydroxyl groups is 1. The second-order valence-corrected chi connectivity index (χ2v) is 6.70. The molecule has 1 aliphatic rings. The minimum Gasteiger partial charge on any atom is -0.387 e. The molecule has 2 rings (SSSR count). The summed E-state index contributed by atoms with van der Waals surface area (Å²) in [6.07, 6.45) is 4.87. The van der Waals surface area contributed by atoms with Crippen molar-refractivity contribution in [2.45, 2.75) is 51.6 Å². The highest BCUT2D eigenvalue weighted by Gasteiger charge is 2.28. The lowest BCUT2D eigenvalue weighted by Gasteiger charge is -2.35. The Hall–Kier alpha value is -0.860. The zero-order valence-electron chi connectivity index (χ0n) is 12.4. The van der Waals surface area contributed by atoms with Crippen LogP contribution in [-0.4, -0.2) is 18.7 Å². The van der Waals surface area contributed by atoms with Gasteiger partial charge in [0.2, 0.25) is 0 Å². The van der Waals surface area contributed by atoms with Crippen LogP contribution >= 0.6 is 0 Å². The Balaban J connectivity index is 2.05. The van der Waals surface area contributed by atoms with Gasteiger partial charge in [-0.1, -0.05) is 44.5 Å². The summed E-state index contributed by atoms with van der Waals surface area (Å²) in [4.78, 5) is 0. The van der Waals surface area contributed by atoms with Gasteiger partial charge in [-0.25, -0.2) is 0 Å². The summed E-state index contributed by atoms with van der Waals surface area (Å²) in [5.74, 6) is 0.694. The topological polar surface area (TPSA) is 32.3 Å². The van der Waals surface area contributed by atoms with Gasteiger partial charge in [0.25, 0.3) is 0 Å². The van der Waals surface area contributed by atoms with Crippen molar-refractivity contribution in [3.63, 3.8) is 0 Å². The van der Waals surface area contributed by atoms with Crippen LogP contribution in [0.3, 0.4) is 0 Å². The van der Waals surface area contributed by atoms with E-state index in [0.29, 0.717) is 17.9 Å². The summed E-state index contributed by atoms with van der Waals surface area (Å²) >= 11 is 0. The van der Waals surface area contributed by atoms with E-state index in [-0.39, 0.29) is 0 Å². The Kier molecular flexibility index (Phi) is 4.64. The lowest BCUT2D eigenvalue weighted by molar-refractivity contribution is 0.177. The molecule has 2 unspecified atom stereocenters. The number of rotatable bonds is 4. The quantitative estimate of drug-likeness (QED) is 0.867. The largest absolute Gasteiger partial charge is 0.387 e. The first-order chi connectivity index (χ1) is 9.02. The fourth-order valence-electron chi connectivity index (χ4n) is 3.28. The summed E-state index contributed by atoms with van der Waals surface area (Å²) in [7, 11) is 1.86. The molecule has 0 bridgehead atoms. The van der Waals surface area contributed by atoms with Gasteiger partial charge in [0, 0.05) is 6.54 Å². The maximum Gasteiger partial charge on any atom is 0.0914 e. The molecule has 0 spiro atoms. The molecule has 0 radical (unpaired) electrons. The van der Waals surface area contributed by atoms with E-state index in [9.17, 15) is 5.11 Å². The lowest BCUT2D eigenvalue weighted by atomic mass is 9.70. The molecule has 1 aromatic rings. The van der Waals surface area contributed by atoms with E-state index in [1.807, 2.05) is 7.05 Å². The predicted octanol–water partition coefficient (Wildman–Crippen LogP) is 3.62. The number of nitrogens with one attached hydrogen (secondary N) is 1. The number of likely N-dealkylation sites (N-methyl/N-ethyl adjacent to an activating group) is 1. The molecule has 1 aliphatic carbocycles. The first-order valence-electron chi connectivity index (χ1n) is 7.44. The molecule has 0 aromatic heterocycles. The standard InChI is InChI=1S/C17H27NO/c1-17(2)10-4-5-15(11-17)13-6-8-14(9-7-13)16(19)12-18-3/h6-9,15-16,18-19H,4-5,10-12H2,1-3H3. The van der Waals surface area contributed by atoms with Crippen molar-refractivity contribution in [3.8, 4) is 0 Å². The summed E-state index contributed by atoms with van der Waals surface area (Å²) in [5.41, 5.74) is 2.93. The third-order valence-corrected chi connectivity index (χ3v) is 4.40. The van der Waals surface area contributed by atoms with E-state index in [1.54, 1.807) is 0 Å². The van der Waals surface area contributed by atoms with Crippen LogP contribution in [0.15, 0.2) is 24.3 Å². The molecular weight excluding hydrogens is 234 g/mol. The Morgan fingerprint density at radius 3 is 2.58 bits per heavy atom. The Morgan fingerprint density at radius 1 is 1.32 bits per heavy atom. The smallest absolute Gasteiger partial charge is 0.0914 e. The average molecular weight is 261 g/mol. The third-order valence-electron chi connectivity index (χ3n) is 4.40. The highest BCUT2D eigenvalue weighted by atomic mass is 16.3. The van der Waals surface area contributed by atoms with Gasteiger partial charge in [-0.2, -0.15) is 0 Å². The first kappa shape index (κ1) is 14.5. The van der Waals surface area contributed by atoms with Gasteiger partial charge in [-0.05, 0) is 48.8 Å². The van der Waals surface area contributed by atoms with Crippen molar-refractivity contribution in [2.75, 3.05) is 13.6 Å². The van der Waals surface area contributed by atoms with Crippen LogP contribution in [0.4, 0.5) is 0 Å². The monoisotopic (exact) mass is 261 g/mol. The second kappa shape index (κ2) is 6.06. The van der Waals surface area contributed by atoms with Crippen molar-refractivity contribution < 1.29 is 5.11 Å². The summed E-state index contributed by atoms with van der Waals surface area (Å²) in [5, 5.41) is 12.9. The van der Waals surface area contributed by atoms with Crippen LogP contribution < -0.4 is 5.32 Å². The summed E-state index contributed by atoms with van der Waals surface area (Å²) in [6.45, 7) is 5.37. The molecular formula is C17H27NO. The van der Waals surface area contributed by atoms with E-state index in [4.69, 9.17) is 0 Å². The van der Waals surface area contributed by atoms with Crippen LogP contribution in [0, 0.1) is 5.41 Å². The van der Waals surface area contributed by atoms with Crippen molar-refractivity contribution in [2.24, 2.45) is 5.41 Å². The normalized spacial score (nSPS) is 24.1. The van der Waals surface area contributed by atoms with Gasteiger partial charge in [0.1, 0.15) is 0 Å². The van der Waals surface area contributed by atoms with E-state index in [2.05, 4.69) is 43.4 Å². The van der Waals surface area contributed by atoms with Gasteiger partial charge < -0.3 is 10.4 Å². The van der Waals surface area contributed by atoms with Gasteiger partial charge in [-0.3, -0.25) is 0 Å². The molecule has 0 amide bonds. The number of aliphatic hydroxyl groups excluding tert-OH is 1. The lowest BCUT2D eigenvalue weighted by Crippen LogP contribution is -2.21. The van der Waals surface area contributed by atoms with Gasteiger partial charge in [0.05, 0.1) is 6.10 Å². The van der Waals surface area contributed by atoms with Crippen molar-refractivity contribution >= 4 is 0 Å². The molecule has 0 saturated heterocycles. The van der Waals surface area contributed by atoms with Gasteiger partial charge >= 0.3 is 0 Å². The van der Waals surface area contributed by atoms with E-state index in [0.717, 1.165) is 5.56 Å². The second-order valence-electron chi connectivity index (χ2n) is 6.70. The SMILES string of the molecule is CNCC(O)c1ccc(C2CCCC(C)(C)C2)cc1.